The van der Waals surface area contributed by atoms with E-state index in [-0.39, 0.29) is 36.3 Å². The van der Waals surface area contributed by atoms with E-state index in [1.807, 2.05) is 17.0 Å². The van der Waals surface area contributed by atoms with E-state index in [0.29, 0.717) is 25.0 Å². The molecule has 2 aromatic rings. The summed E-state index contributed by atoms with van der Waals surface area (Å²) in [6.45, 7) is 4.84. The number of aliphatic hydroxyl groups excluding tert-OH is 1. The summed E-state index contributed by atoms with van der Waals surface area (Å²) >= 11 is 0. The highest BCUT2D eigenvalue weighted by atomic mass is 16.5. The van der Waals surface area contributed by atoms with Crippen LogP contribution >= 0.6 is 0 Å². The Kier molecular flexibility index (Phi) is 7.24. The number of aldehydes is 1. The third-order valence-electron chi connectivity index (χ3n) is 5.08. The van der Waals surface area contributed by atoms with Crippen molar-refractivity contribution in [3.05, 3.63) is 47.3 Å². The van der Waals surface area contributed by atoms with Gasteiger partial charge in [-0.05, 0) is 50.8 Å². The van der Waals surface area contributed by atoms with Gasteiger partial charge in [0.2, 0.25) is 5.88 Å². The highest BCUT2D eigenvalue weighted by Gasteiger charge is 2.26. The van der Waals surface area contributed by atoms with Crippen molar-refractivity contribution in [2.75, 3.05) is 26.3 Å². The number of nitrogens with one attached hydrogen (secondary N) is 1. The van der Waals surface area contributed by atoms with Gasteiger partial charge in [0.05, 0.1) is 12.2 Å². The quantitative estimate of drug-likeness (QED) is 0.297. The third-order valence-corrected chi connectivity index (χ3v) is 5.08. The lowest BCUT2D eigenvalue weighted by Gasteiger charge is -2.35. The standard InChI is InChI=1S/C22H27N3O5/c1-3-29-22(28)15(2)21(25-9-5-6-16(12-25)13-26)30-18(14-27)10-17-11-24-20-19(17)7-4-8-23-20/h4,7-8,10-11,14,16,26H,3,5-6,9,12-13H2,1-2H3,(H,23,24)/b18-10-,21-15+. The summed E-state index contributed by atoms with van der Waals surface area (Å²) in [4.78, 5) is 33.4. The molecule has 3 heterocycles. The van der Waals surface area contributed by atoms with Crippen LogP contribution < -0.4 is 0 Å². The Morgan fingerprint density at radius 3 is 3.03 bits per heavy atom. The maximum Gasteiger partial charge on any atom is 0.339 e. The molecule has 1 saturated heterocycles. The number of fused-ring (bicyclic) bond motifs is 1. The van der Waals surface area contributed by atoms with E-state index in [1.54, 1.807) is 32.3 Å². The first-order valence-corrected chi connectivity index (χ1v) is 10.1. The summed E-state index contributed by atoms with van der Waals surface area (Å²) in [5.74, 6) is -0.0803. The summed E-state index contributed by atoms with van der Waals surface area (Å²) in [6.07, 6.45) is 7.40. The molecule has 0 spiro atoms. The number of pyridine rings is 1. The molecule has 0 radical (unpaired) electrons. The molecule has 8 nitrogen and oxygen atoms in total. The van der Waals surface area contributed by atoms with Gasteiger partial charge < -0.3 is 24.5 Å². The highest BCUT2D eigenvalue weighted by Crippen LogP contribution is 2.26. The second kappa shape index (κ2) is 10.1. The summed E-state index contributed by atoms with van der Waals surface area (Å²) < 4.78 is 11.1. The number of allylic oxidation sites excluding steroid dienone is 1. The number of carbonyl (C=O) groups excluding carboxylic acids is 2. The van der Waals surface area contributed by atoms with Crippen molar-refractivity contribution >= 4 is 29.4 Å². The Balaban J connectivity index is 1.95. The predicted molar refractivity (Wildman–Crippen MR) is 112 cm³/mol. The van der Waals surface area contributed by atoms with Gasteiger partial charge in [0.25, 0.3) is 0 Å². The van der Waals surface area contributed by atoms with Gasteiger partial charge in [-0.3, -0.25) is 4.79 Å². The van der Waals surface area contributed by atoms with Gasteiger partial charge in [0, 0.05) is 43.0 Å². The van der Waals surface area contributed by atoms with Crippen molar-refractivity contribution in [2.24, 2.45) is 5.92 Å². The number of aromatic nitrogens is 2. The molecule has 160 valence electrons. The molecule has 2 N–H and O–H groups in total. The Hall–Kier alpha value is -3.13. The van der Waals surface area contributed by atoms with Gasteiger partial charge in [-0.25, -0.2) is 9.78 Å². The van der Waals surface area contributed by atoms with Crippen molar-refractivity contribution in [2.45, 2.75) is 26.7 Å². The molecule has 1 aliphatic rings. The lowest BCUT2D eigenvalue weighted by atomic mass is 9.99. The van der Waals surface area contributed by atoms with E-state index in [2.05, 4.69) is 9.97 Å². The normalized spacial score (nSPS) is 18.2. The Bertz CT molecular complexity index is 963. The van der Waals surface area contributed by atoms with Crippen molar-refractivity contribution in [3.8, 4) is 0 Å². The van der Waals surface area contributed by atoms with Gasteiger partial charge in [-0.2, -0.15) is 0 Å². The average Bonchev–Trinajstić information content (AvgIpc) is 3.19. The number of carbonyl (C=O) groups is 2. The largest absolute Gasteiger partial charge is 0.462 e. The van der Waals surface area contributed by atoms with E-state index >= 15 is 0 Å². The van der Waals surface area contributed by atoms with Gasteiger partial charge in [-0.15, -0.1) is 0 Å². The van der Waals surface area contributed by atoms with Gasteiger partial charge in [0.1, 0.15) is 5.65 Å². The van der Waals surface area contributed by atoms with E-state index in [0.717, 1.165) is 23.8 Å². The van der Waals surface area contributed by atoms with Crippen LogP contribution in [0.3, 0.4) is 0 Å². The van der Waals surface area contributed by atoms with Gasteiger partial charge in [0.15, 0.2) is 12.0 Å². The van der Waals surface area contributed by atoms with Crippen LogP contribution in [0, 0.1) is 5.92 Å². The van der Waals surface area contributed by atoms with Crippen LogP contribution in [0.2, 0.25) is 0 Å². The van der Waals surface area contributed by atoms with Crippen LogP contribution in [0.4, 0.5) is 0 Å². The second-order valence-corrected chi connectivity index (χ2v) is 7.20. The summed E-state index contributed by atoms with van der Waals surface area (Å²) in [7, 11) is 0. The first-order chi connectivity index (χ1) is 14.6. The first kappa shape index (κ1) is 21.6. The van der Waals surface area contributed by atoms with Crippen molar-refractivity contribution in [3.63, 3.8) is 0 Å². The lowest BCUT2D eigenvalue weighted by molar-refractivity contribution is -0.139. The molecule has 2 aromatic heterocycles. The zero-order valence-electron chi connectivity index (χ0n) is 17.3. The number of hydrogen-bond acceptors (Lipinski definition) is 7. The van der Waals surface area contributed by atoms with Crippen molar-refractivity contribution in [1.29, 1.82) is 0 Å². The predicted octanol–water partition coefficient (Wildman–Crippen LogP) is 2.62. The Morgan fingerprint density at radius 2 is 2.30 bits per heavy atom. The number of aromatic amines is 1. The number of piperidine rings is 1. The molecule has 0 amide bonds. The topological polar surface area (TPSA) is 105 Å². The maximum atomic E-state index is 12.4. The van der Waals surface area contributed by atoms with Crippen LogP contribution in [0.1, 0.15) is 32.3 Å². The molecule has 1 aliphatic heterocycles. The SMILES string of the molecule is CCOC(=O)/C(C)=C(/O/C(C=O)=C\c1c[nH]c2ncccc12)N1CCCC(CO)C1. The smallest absolute Gasteiger partial charge is 0.339 e. The fourth-order valence-electron chi connectivity index (χ4n) is 3.55. The summed E-state index contributed by atoms with van der Waals surface area (Å²) in [5.41, 5.74) is 1.73. The number of rotatable bonds is 8. The zero-order chi connectivity index (χ0) is 21.5. The van der Waals surface area contributed by atoms with Crippen molar-refractivity contribution in [1.82, 2.24) is 14.9 Å². The fraction of sp³-hybridized carbons (Fsp3) is 0.409. The first-order valence-electron chi connectivity index (χ1n) is 10.1. The van der Waals surface area contributed by atoms with Gasteiger partial charge in [-0.1, -0.05) is 0 Å². The molecule has 1 fully saturated rings. The van der Waals surface area contributed by atoms with Crippen LogP contribution in [0.25, 0.3) is 17.1 Å². The zero-order valence-corrected chi connectivity index (χ0v) is 17.3. The molecule has 0 bridgehead atoms. The fourth-order valence-corrected chi connectivity index (χ4v) is 3.55. The second-order valence-electron chi connectivity index (χ2n) is 7.20. The number of hydrogen-bond donors (Lipinski definition) is 2. The molecule has 3 rings (SSSR count). The summed E-state index contributed by atoms with van der Waals surface area (Å²) in [5, 5.41) is 10.4. The molecule has 0 aliphatic carbocycles. The minimum atomic E-state index is -0.500. The van der Waals surface area contributed by atoms with E-state index in [9.17, 15) is 14.7 Å². The minimum absolute atomic E-state index is 0.0565. The van der Waals surface area contributed by atoms with Gasteiger partial charge >= 0.3 is 5.97 Å². The minimum Gasteiger partial charge on any atom is -0.462 e. The number of likely N-dealkylation sites (tertiary alicyclic amines) is 1. The van der Waals surface area contributed by atoms with E-state index in [4.69, 9.17) is 9.47 Å². The summed E-state index contributed by atoms with van der Waals surface area (Å²) in [6, 6.07) is 3.71. The molecule has 0 saturated carbocycles. The average molecular weight is 413 g/mol. The van der Waals surface area contributed by atoms with Crippen LogP contribution in [0.15, 0.2) is 41.7 Å². The Labute approximate surface area is 175 Å². The lowest BCUT2D eigenvalue weighted by Crippen LogP contribution is -2.38. The number of nitrogens with zero attached hydrogens (tertiary/aromatic N) is 2. The van der Waals surface area contributed by atoms with Crippen LogP contribution in [-0.2, 0) is 19.1 Å². The number of ether oxygens (including phenoxy) is 2. The number of esters is 1. The number of aliphatic hydroxyl groups is 1. The molecule has 0 aromatic carbocycles. The van der Waals surface area contributed by atoms with E-state index in [1.165, 1.54) is 0 Å². The molecule has 1 unspecified atom stereocenters. The third kappa shape index (κ3) is 4.88. The Morgan fingerprint density at radius 1 is 1.47 bits per heavy atom. The highest BCUT2D eigenvalue weighted by molar-refractivity contribution is 5.91. The molecule has 30 heavy (non-hydrogen) atoms. The van der Waals surface area contributed by atoms with Crippen LogP contribution in [-0.4, -0.2) is 58.5 Å². The van der Waals surface area contributed by atoms with Crippen LogP contribution in [0.5, 0.6) is 0 Å². The molecule has 1 atom stereocenters. The maximum absolute atomic E-state index is 12.4. The van der Waals surface area contributed by atoms with E-state index < -0.39 is 5.97 Å². The monoisotopic (exact) mass is 413 g/mol. The number of H-pyrrole nitrogens is 1. The molecule has 8 heteroatoms. The van der Waals surface area contributed by atoms with Crippen molar-refractivity contribution < 1.29 is 24.2 Å². The molecular formula is C22H27N3O5. The molecular weight excluding hydrogens is 386 g/mol.